The number of nitrogens with one attached hydrogen (secondary N) is 1. The number of ether oxygens (including phenoxy) is 1. The van der Waals surface area contributed by atoms with Crippen LogP contribution < -0.4 is 10.5 Å². The monoisotopic (exact) mass is 260 g/mol. The van der Waals surface area contributed by atoms with Gasteiger partial charge in [0.15, 0.2) is 0 Å². The van der Waals surface area contributed by atoms with Gasteiger partial charge in [-0.05, 0) is 17.7 Å². The first-order valence-corrected chi connectivity index (χ1v) is 5.79. The van der Waals surface area contributed by atoms with E-state index in [1.165, 1.54) is 6.07 Å². The first kappa shape index (κ1) is 12.9. The van der Waals surface area contributed by atoms with Crippen molar-refractivity contribution in [1.29, 1.82) is 0 Å². The maximum absolute atomic E-state index is 12.1. The second kappa shape index (κ2) is 5.43. The minimum atomic E-state index is -0.153. The average molecular weight is 260 g/mol. The molecule has 0 aliphatic heterocycles. The highest BCUT2D eigenvalue weighted by molar-refractivity contribution is 5.92. The van der Waals surface area contributed by atoms with Crippen LogP contribution in [0.25, 0.3) is 0 Å². The molecule has 0 spiro atoms. The van der Waals surface area contributed by atoms with Gasteiger partial charge in [-0.3, -0.25) is 9.89 Å². The molecule has 1 amide bonds. The largest absolute Gasteiger partial charge is 0.497 e. The van der Waals surface area contributed by atoms with Crippen LogP contribution >= 0.6 is 0 Å². The molecule has 1 aromatic carbocycles. The number of aromatic amines is 1. The van der Waals surface area contributed by atoms with Crippen LogP contribution in [-0.4, -0.2) is 35.2 Å². The van der Waals surface area contributed by atoms with E-state index in [4.69, 9.17) is 10.5 Å². The number of nitrogen functional groups attached to an aromatic ring is 1. The molecule has 1 heterocycles. The standard InChI is InChI=1S/C13H16N4O2/c1-17(13(18)11-7-12(14)16-15-11)8-9-3-5-10(19-2)6-4-9/h3-7H,8H2,1-2H3,(H3,14,15,16). The molecule has 0 fully saturated rings. The van der Waals surface area contributed by atoms with E-state index in [2.05, 4.69) is 10.2 Å². The number of benzene rings is 1. The number of hydrogen-bond acceptors (Lipinski definition) is 4. The molecule has 100 valence electrons. The molecule has 0 atom stereocenters. The lowest BCUT2D eigenvalue weighted by Crippen LogP contribution is -2.26. The van der Waals surface area contributed by atoms with E-state index in [0.717, 1.165) is 11.3 Å². The molecule has 3 N–H and O–H groups in total. The smallest absolute Gasteiger partial charge is 0.271 e. The third-order valence-electron chi connectivity index (χ3n) is 2.75. The Hall–Kier alpha value is -2.50. The van der Waals surface area contributed by atoms with E-state index in [0.29, 0.717) is 18.1 Å². The highest BCUT2D eigenvalue weighted by atomic mass is 16.5. The summed E-state index contributed by atoms with van der Waals surface area (Å²) in [4.78, 5) is 13.7. The zero-order valence-electron chi connectivity index (χ0n) is 10.9. The Labute approximate surface area is 111 Å². The second-order valence-electron chi connectivity index (χ2n) is 4.22. The van der Waals surface area contributed by atoms with Crippen molar-refractivity contribution in [3.63, 3.8) is 0 Å². The molecule has 2 rings (SSSR count). The highest BCUT2D eigenvalue weighted by Crippen LogP contribution is 2.13. The topological polar surface area (TPSA) is 84.2 Å². The number of aromatic nitrogens is 2. The Morgan fingerprint density at radius 1 is 1.42 bits per heavy atom. The summed E-state index contributed by atoms with van der Waals surface area (Å²) < 4.78 is 5.09. The van der Waals surface area contributed by atoms with Crippen LogP contribution in [0.15, 0.2) is 30.3 Å². The summed E-state index contributed by atoms with van der Waals surface area (Å²) in [6.07, 6.45) is 0. The fourth-order valence-corrected chi connectivity index (χ4v) is 1.73. The van der Waals surface area contributed by atoms with Crippen molar-refractivity contribution in [2.75, 3.05) is 19.9 Å². The number of hydrogen-bond donors (Lipinski definition) is 2. The molecule has 0 saturated carbocycles. The van der Waals surface area contributed by atoms with E-state index in [1.54, 1.807) is 19.1 Å². The number of anilines is 1. The Kier molecular flexibility index (Phi) is 3.70. The van der Waals surface area contributed by atoms with Crippen LogP contribution in [0.1, 0.15) is 16.1 Å². The van der Waals surface area contributed by atoms with Gasteiger partial charge < -0.3 is 15.4 Å². The Bertz CT molecular complexity index is 562. The predicted molar refractivity (Wildman–Crippen MR) is 71.8 cm³/mol. The third kappa shape index (κ3) is 3.04. The lowest BCUT2D eigenvalue weighted by molar-refractivity contribution is 0.0779. The average Bonchev–Trinajstić information content (AvgIpc) is 2.85. The first-order valence-electron chi connectivity index (χ1n) is 5.79. The minimum absolute atomic E-state index is 0.153. The van der Waals surface area contributed by atoms with Gasteiger partial charge in [0.05, 0.1) is 7.11 Å². The summed E-state index contributed by atoms with van der Waals surface area (Å²) in [6, 6.07) is 9.09. The summed E-state index contributed by atoms with van der Waals surface area (Å²) in [6.45, 7) is 0.502. The summed E-state index contributed by atoms with van der Waals surface area (Å²) in [5.74, 6) is 0.945. The molecule has 0 unspecified atom stereocenters. The van der Waals surface area contributed by atoms with Crippen molar-refractivity contribution in [2.24, 2.45) is 0 Å². The van der Waals surface area contributed by atoms with Crippen LogP contribution in [0, 0.1) is 0 Å². The van der Waals surface area contributed by atoms with Crippen LogP contribution in [0.5, 0.6) is 5.75 Å². The molecule has 2 aromatic rings. The first-order chi connectivity index (χ1) is 9.10. The fourth-order valence-electron chi connectivity index (χ4n) is 1.73. The van der Waals surface area contributed by atoms with Gasteiger partial charge in [0.2, 0.25) is 0 Å². The molecule has 19 heavy (non-hydrogen) atoms. The molecule has 0 radical (unpaired) electrons. The van der Waals surface area contributed by atoms with E-state index in [-0.39, 0.29) is 5.91 Å². The number of nitrogens with zero attached hydrogens (tertiary/aromatic N) is 2. The van der Waals surface area contributed by atoms with Gasteiger partial charge in [0.25, 0.3) is 5.91 Å². The molecular formula is C13H16N4O2. The quantitative estimate of drug-likeness (QED) is 0.867. The number of H-pyrrole nitrogens is 1. The van der Waals surface area contributed by atoms with Gasteiger partial charge in [0.1, 0.15) is 17.3 Å². The van der Waals surface area contributed by atoms with E-state index in [9.17, 15) is 4.79 Å². The van der Waals surface area contributed by atoms with Crippen LogP contribution in [0.4, 0.5) is 5.82 Å². The summed E-state index contributed by atoms with van der Waals surface area (Å²) in [7, 11) is 3.34. The number of rotatable bonds is 4. The number of carbonyl (C=O) groups excluding carboxylic acids is 1. The second-order valence-corrected chi connectivity index (χ2v) is 4.22. The van der Waals surface area contributed by atoms with Gasteiger partial charge in [-0.25, -0.2) is 0 Å². The SMILES string of the molecule is COc1ccc(CN(C)C(=O)c2cc(N)n[nH]2)cc1. The van der Waals surface area contributed by atoms with Crippen molar-refractivity contribution in [2.45, 2.75) is 6.54 Å². The zero-order valence-corrected chi connectivity index (χ0v) is 10.9. The maximum Gasteiger partial charge on any atom is 0.271 e. The van der Waals surface area contributed by atoms with Crippen LogP contribution in [0.3, 0.4) is 0 Å². The van der Waals surface area contributed by atoms with Crippen molar-refractivity contribution < 1.29 is 9.53 Å². The van der Waals surface area contributed by atoms with Crippen LogP contribution in [-0.2, 0) is 6.54 Å². The summed E-state index contributed by atoms with van der Waals surface area (Å²) in [5, 5.41) is 6.34. The lowest BCUT2D eigenvalue weighted by Gasteiger charge is -2.16. The van der Waals surface area contributed by atoms with E-state index < -0.39 is 0 Å². The number of methoxy groups -OCH3 is 1. The maximum atomic E-state index is 12.1. The fraction of sp³-hybridized carbons (Fsp3) is 0.231. The van der Waals surface area contributed by atoms with Gasteiger partial charge in [-0.2, -0.15) is 5.10 Å². The van der Waals surface area contributed by atoms with Gasteiger partial charge in [0, 0.05) is 19.7 Å². The van der Waals surface area contributed by atoms with Crippen molar-refractivity contribution in [3.8, 4) is 5.75 Å². The van der Waals surface area contributed by atoms with E-state index >= 15 is 0 Å². The molecular weight excluding hydrogens is 244 g/mol. The number of nitrogens with two attached hydrogens (primary N) is 1. The molecule has 1 aromatic heterocycles. The molecule has 0 aliphatic carbocycles. The Balaban J connectivity index is 2.03. The summed E-state index contributed by atoms with van der Waals surface area (Å²) in [5.41, 5.74) is 6.87. The number of carbonyl (C=O) groups is 1. The molecule has 6 heteroatoms. The van der Waals surface area contributed by atoms with Crippen molar-refractivity contribution in [3.05, 3.63) is 41.6 Å². The normalized spacial score (nSPS) is 10.2. The Morgan fingerprint density at radius 3 is 2.63 bits per heavy atom. The summed E-state index contributed by atoms with van der Waals surface area (Å²) >= 11 is 0. The molecule has 6 nitrogen and oxygen atoms in total. The van der Waals surface area contributed by atoms with Gasteiger partial charge >= 0.3 is 0 Å². The highest BCUT2D eigenvalue weighted by Gasteiger charge is 2.14. The van der Waals surface area contributed by atoms with E-state index in [1.807, 2.05) is 24.3 Å². The Morgan fingerprint density at radius 2 is 2.11 bits per heavy atom. The molecule has 0 bridgehead atoms. The van der Waals surface area contributed by atoms with Gasteiger partial charge in [-0.1, -0.05) is 12.1 Å². The van der Waals surface area contributed by atoms with Crippen molar-refractivity contribution in [1.82, 2.24) is 15.1 Å². The molecule has 0 saturated heterocycles. The van der Waals surface area contributed by atoms with Crippen molar-refractivity contribution >= 4 is 11.7 Å². The predicted octanol–water partition coefficient (Wildman–Crippen LogP) is 1.27. The number of amides is 1. The zero-order chi connectivity index (χ0) is 13.8. The molecule has 0 aliphatic rings. The minimum Gasteiger partial charge on any atom is -0.497 e. The van der Waals surface area contributed by atoms with Crippen LogP contribution in [0.2, 0.25) is 0 Å². The van der Waals surface area contributed by atoms with Gasteiger partial charge in [-0.15, -0.1) is 0 Å². The lowest BCUT2D eigenvalue weighted by atomic mass is 10.2. The third-order valence-corrected chi connectivity index (χ3v) is 2.75.